The molecule has 132 valence electrons. The molecule has 0 N–H and O–H groups in total. The normalized spacial score (nSPS) is 10.7. The summed E-state index contributed by atoms with van der Waals surface area (Å²) in [6.45, 7) is 10.7. The van der Waals surface area contributed by atoms with Crippen molar-refractivity contribution in [3.63, 3.8) is 0 Å². The van der Waals surface area contributed by atoms with E-state index < -0.39 is 0 Å². The Morgan fingerprint density at radius 2 is 1.00 bits per heavy atom. The van der Waals surface area contributed by atoms with Gasteiger partial charge in [-0.25, -0.2) is 0 Å². The van der Waals surface area contributed by atoms with Gasteiger partial charge < -0.3 is 0 Å². The van der Waals surface area contributed by atoms with Crippen molar-refractivity contribution < 1.29 is 9.59 Å². The third-order valence-corrected chi connectivity index (χ3v) is 3.83. The summed E-state index contributed by atoms with van der Waals surface area (Å²) >= 11 is 0. The molecule has 2 aromatic carbocycles. The maximum atomic E-state index is 11.7. The van der Waals surface area contributed by atoms with Crippen molar-refractivity contribution in [1.29, 1.82) is 0 Å². The summed E-state index contributed by atoms with van der Waals surface area (Å²) in [7, 11) is 0. The third-order valence-electron chi connectivity index (χ3n) is 3.83. The van der Waals surface area contributed by atoms with E-state index in [4.69, 9.17) is 0 Å². The molecule has 26 heavy (non-hydrogen) atoms. The van der Waals surface area contributed by atoms with Gasteiger partial charge in [-0.15, -0.1) is 0 Å². The van der Waals surface area contributed by atoms with Crippen LogP contribution in [0.25, 0.3) is 0 Å². The highest BCUT2D eigenvalue weighted by Gasteiger charge is 2.05. The quantitative estimate of drug-likeness (QED) is 0.469. The molecule has 0 bridgehead atoms. The van der Waals surface area contributed by atoms with Crippen molar-refractivity contribution >= 4 is 22.9 Å². The van der Waals surface area contributed by atoms with Crippen LogP contribution < -0.4 is 0 Å². The number of hydrogen-bond acceptors (Lipinski definition) is 4. The molecular weight excluding hydrogens is 324 g/mol. The molecule has 0 amide bonds. The summed E-state index contributed by atoms with van der Waals surface area (Å²) in [4.78, 5) is 23.3. The lowest BCUT2D eigenvalue weighted by Gasteiger charge is -2.02. The zero-order valence-corrected chi connectivity index (χ0v) is 15.2. The van der Waals surface area contributed by atoms with Gasteiger partial charge >= 0.3 is 0 Å². The predicted molar refractivity (Wildman–Crippen MR) is 104 cm³/mol. The van der Waals surface area contributed by atoms with E-state index in [2.05, 4.69) is 23.4 Å². The summed E-state index contributed by atoms with van der Waals surface area (Å²) in [6, 6.07) is 14.7. The molecule has 0 radical (unpaired) electrons. The number of rotatable bonds is 8. The van der Waals surface area contributed by atoms with Crippen molar-refractivity contribution in [2.24, 2.45) is 10.2 Å². The topological polar surface area (TPSA) is 58.9 Å². The molecule has 2 aromatic rings. The number of Topliss-reactive ketones (excluding diaryl/α,β-unsaturated/α-hetero) is 2. The van der Waals surface area contributed by atoms with E-state index in [0.29, 0.717) is 35.4 Å². The van der Waals surface area contributed by atoms with Gasteiger partial charge in [0.05, 0.1) is 11.4 Å². The molecule has 4 nitrogen and oxygen atoms in total. The molecule has 0 saturated heterocycles. The molecule has 0 aliphatic heterocycles. The Balaban J connectivity index is 1.98. The van der Waals surface area contributed by atoms with E-state index in [1.54, 1.807) is 13.8 Å². The van der Waals surface area contributed by atoms with E-state index in [-0.39, 0.29) is 11.6 Å². The number of carbonyl (C=O) groups is 2. The second kappa shape index (κ2) is 8.81. The summed E-state index contributed by atoms with van der Waals surface area (Å²) < 4.78 is 0. The highest BCUT2D eigenvalue weighted by Crippen LogP contribution is 2.20. The van der Waals surface area contributed by atoms with Crippen LogP contribution in [-0.2, 0) is 22.4 Å². The lowest BCUT2D eigenvalue weighted by atomic mass is 10.1. The van der Waals surface area contributed by atoms with Crippen LogP contribution in [0.15, 0.2) is 83.1 Å². The molecule has 0 fully saturated rings. The minimum absolute atomic E-state index is 0.0320. The Morgan fingerprint density at radius 3 is 1.27 bits per heavy atom. The van der Waals surface area contributed by atoms with Crippen LogP contribution in [0.2, 0.25) is 0 Å². The Labute approximate surface area is 154 Å². The van der Waals surface area contributed by atoms with Crippen LogP contribution in [0.4, 0.5) is 11.4 Å². The standard InChI is InChI=1S/C22H22N2O2/c1-15(2)21(25)13-17-5-9-19(10-6-17)23-24-20-11-7-18(8-12-20)14-22(26)16(3)4/h5-12H,1,3,13-14H2,2,4H3. The van der Waals surface area contributed by atoms with Gasteiger partial charge in [0, 0.05) is 12.8 Å². The largest absolute Gasteiger partial charge is 0.294 e. The molecule has 0 saturated carbocycles. The van der Waals surface area contributed by atoms with Crippen LogP contribution in [0.3, 0.4) is 0 Å². The number of ketones is 2. The second-order valence-electron chi connectivity index (χ2n) is 6.29. The van der Waals surface area contributed by atoms with E-state index >= 15 is 0 Å². The van der Waals surface area contributed by atoms with E-state index in [1.165, 1.54) is 0 Å². The fourth-order valence-corrected chi connectivity index (χ4v) is 2.15. The highest BCUT2D eigenvalue weighted by atomic mass is 16.1. The first-order chi connectivity index (χ1) is 12.3. The fourth-order valence-electron chi connectivity index (χ4n) is 2.15. The maximum Gasteiger partial charge on any atom is 0.162 e. The van der Waals surface area contributed by atoms with Gasteiger partial charge in [-0.2, -0.15) is 10.2 Å². The van der Waals surface area contributed by atoms with Crippen LogP contribution in [0, 0.1) is 0 Å². The summed E-state index contributed by atoms with van der Waals surface area (Å²) in [5, 5.41) is 8.38. The number of azo groups is 1. The molecule has 0 atom stereocenters. The fraction of sp³-hybridized carbons (Fsp3) is 0.182. The molecule has 0 aliphatic carbocycles. The van der Waals surface area contributed by atoms with Crippen LogP contribution >= 0.6 is 0 Å². The molecule has 0 aromatic heterocycles. The average molecular weight is 346 g/mol. The van der Waals surface area contributed by atoms with Crippen LogP contribution in [0.1, 0.15) is 25.0 Å². The van der Waals surface area contributed by atoms with Gasteiger partial charge in [-0.1, -0.05) is 37.4 Å². The molecule has 0 heterocycles. The predicted octanol–water partition coefficient (Wildman–Crippen LogP) is 5.48. The molecule has 0 unspecified atom stereocenters. The number of allylic oxidation sites excluding steroid dienone is 2. The third kappa shape index (κ3) is 5.74. The van der Waals surface area contributed by atoms with Gasteiger partial charge in [0.15, 0.2) is 11.6 Å². The molecule has 0 spiro atoms. The van der Waals surface area contributed by atoms with Crippen LogP contribution in [-0.4, -0.2) is 11.6 Å². The molecule has 4 heteroatoms. The van der Waals surface area contributed by atoms with Crippen molar-refractivity contribution in [3.8, 4) is 0 Å². The maximum absolute atomic E-state index is 11.7. The van der Waals surface area contributed by atoms with Gasteiger partial charge in [0.25, 0.3) is 0 Å². The Morgan fingerprint density at radius 1 is 0.692 bits per heavy atom. The lowest BCUT2D eigenvalue weighted by Crippen LogP contribution is -2.02. The van der Waals surface area contributed by atoms with Crippen molar-refractivity contribution in [2.45, 2.75) is 26.7 Å². The van der Waals surface area contributed by atoms with Gasteiger partial charge in [-0.3, -0.25) is 9.59 Å². The minimum Gasteiger partial charge on any atom is -0.294 e. The van der Waals surface area contributed by atoms with E-state index in [9.17, 15) is 9.59 Å². The van der Waals surface area contributed by atoms with Gasteiger partial charge in [0.2, 0.25) is 0 Å². The van der Waals surface area contributed by atoms with Gasteiger partial charge in [-0.05, 0) is 60.4 Å². The first-order valence-corrected chi connectivity index (χ1v) is 8.32. The monoisotopic (exact) mass is 346 g/mol. The van der Waals surface area contributed by atoms with Crippen molar-refractivity contribution in [1.82, 2.24) is 0 Å². The Bertz CT molecular complexity index is 787. The summed E-state index contributed by atoms with van der Waals surface area (Å²) in [5.74, 6) is 0.0641. The number of nitrogens with zero attached hydrogens (tertiary/aromatic N) is 2. The molecular formula is C22H22N2O2. The Hall–Kier alpha value is -3.14. The second-order valence-corrected chi connectivity index (χ2v) is 6.29. The number of hydrogen-bond donors (Lipinski definition) is 0. The summed E-state index contributed by atoms with van der Waals surface area (Å²) in [6.07, 6.45) is 0.689. The van der Waals surface area contributed by atoms with E-state index in [0.717, 1.165) is 11.1 Å². The molecule has 0 aliphatic rings. The molecule has 2 rings (SSSR count). The highest BCUT2D eigenvalue weighted by molar-refractivity contribution is 5.96. The van der Waals surface area contributed by atoms with Crippen molar-refractivity contribution in [2.75, 3.05) is 0 Å². The number of benzene rings is 2. The first kappa shape index (κ1) is 19.2. The van der Waals surface area contributed by atoms with E-state index in [1.807, 2.05) is 48.5 Å². The smallest absolute Gasteiger partial charge is 0.162 e. The van der Waals surface area contributed by atoms with Crippen LogP contribution in [0.5, 0.6) is 0 Å². The zero-order valence-electron chi connectivity index (χ0n) is 15.2. The zero-order chi connectivity index (χ0) is 19.1. The lowest BCUT2D eigenvalue weighted by molar-refractivity contribution is -0.115. The Kier molecular flexibility index (Phi) is 6.50. The minimum atomic E-state index is 0.0320. The first-order valence-electron chi connectivity index (χ1n) is 8.32. The average Bonchev–Trinajstić information content (AvgIpc) is 2.62. The SMILES string of the molecule is C=C(C)C(=O)Cc1ccc(N=Nc2ccc(CC(=O)C(=C)C)cc2)cc1. The van der Waals surface area contributed by atoms with Gasteiger partial charge in [0.1, 0.15) is 0 Å². The van der Waals surface area contributed by atoms with Crippen molar-refractivity contribution in [3.05, 3.63) is 84.0 Å². The number of carbonyl (C=O) groups excluding carboxylic acids is 2. The summed E-state index contributed by atoms with van der Waals surface area (Å²) in [5.41, 5.74) is 4.37.